The van der Waals surface area contributed by atoms with Crippen molar-refractivity contribution in [3.8, 4) is 11.5 Å². The number of rotatable bonds is 5. The van der Waals surface area contributed by atoms with Gasteiger partial charge in [-0.3, -0.25) is 0 Å². The van der Waals surface area contributed by atoms with E-state index in [0.29, 0.717) is 6.61 Å². The number of hydrogen-bond donors (Lipinski definition) is 0. The lowest BCUT2D eigenvalue weighted by atomic mass is 10.2. The first-order valence-corrected chi connectivity index (χ1v) is 7.15. The van der Waals surface area contributed by atoms with Crippen LogP contribution in [0.5, 0.6) is 11.5 Å². The van der Waals surface area contributed by atoms with Crippen LogP contribution in [0.3, 0.4) is 0 Å². The first-order chi connectivity index (χ1) is 10.3. The molecule has 3 rings (SSSR count). The minimum atomic E-state index is 0.693. The molecular formula is C18H19NO2. The third kappa shape index (κ3) is 2.87. The molecule has 0 saturated carbocycles. The first-order valence-electron chi connectivity index (χ1n) is 7.15. The Labute approximate surface area is 124 Å². The number of ether oxygens (including phenoxy) is 2. The Bertz CT molecular complexity index is 729. The monoisotopic (exact) mass is 281 g/mol. The molecule has 0 saturated heterocycles. The maximum Gasteiger partial charge on any atom is 0.120 e. The zero-order valence-electron chi connectivity index (χ0n) is 12.4. The molecule has 1 aromatic heterocycles. The minimum Gasteiger partial charge on any atom is -0.497 e. The van der Waals surface area contributed by atoms with Crippen molar-refractivity contribution in [1.82, 2.24) is 4.57 Å². The Balaban J connectivity index is 1.86. The van der Waals surface area contributed by atoms with E-state index >= 15 is 0 Å². The predicted octanol–water partition coefficient (Wildman–Crippen LogP) is 4.10. The molecule has 3 aromatic rings. The molecule has 0 aliphatic rings. The molecule has 0 atom stereocenters. The van der Waals surface area contributed by atoms with Crippen LogP contribution in [0.1, 0.15) is 12.5 Å². The second-order valence-corrected chi connectivity index (χ2v) is 4.95. The lowest BCUT2D eigenvalue weighted by Gasteiger charge is -2.08. The highest BCUT2D eigenvalue weighted by Crippen LogP contribution is 2.23. The summed E-state index contributed by atoms with van der Waals surface area (Å²) in [6.45, 7) is 3.54. The molecule has 2 aromatic carbocycles. The molecule has 0 spiro atoms. The van der Waals surface area contributed by atoms with Gasteiger partial charge in [0.05, 0.1) is 13.7 Å². The minimum absolute atomic E-state index is 0.693. The van der Waals surface area contributed by atoms with Gasteiger partial charge in [-0.2, -0.15) is 0 Å². The topological polar surface area (TPSA) is 23.4 Å². The number of methoxy groups -OCH3 is 1. The van der Waals surface area contributed by atoms with Crippen LogP contribution in [0.4, 0.5) is 0 Å². The van der Waals surface area contributed by atoms with Crippen LogP contribution < -0.4 is 9.47 Å². The third-order valence-electron chi connectivity index (χ3n) is 3.57. The molecular weight excluding hydrogens is 262 g/mol. The summed E-state index contributed by atoms with van der Waals surface area (Å²) < 4.78 is 13.0. The summed E-state index contributed by atoms with van der Waals surface area (Å²) in [6, 6.07) is 16.5. The maximum atomic E-state index is 5.54. The molecule has 0 radical (unpaired) electrons. The Kier molecular flexibility index (Phi) is 3.82. The van der Waals surface area contributed by atoms with Crippen LogP contribution in [0.2, 0.25) is 0 Å². The molecule has 0 aliphatic carbocycles. The molecule has 3 nitrogen and oxygen atoms in total. The Morgan fingerprint density at radius 1 is 0.952 bits per heavy atom. The van der Waals surface area contributed by atoms with Crippen molar-refractivity contribution >= 4 is 10.9 Å². The summed E-state index contributed by atoms with van der Waals surface area (Å²) in [5, 5.41) is 1.20. The zero-order chi connectivity index (χ0) is 14.7. The van der Waals surface area contributed by atoms with Crippen molar-refractivity contribution < 1.29 is 9.47 Å². The molecule has 108 valence electrons. The van der Waals surface area contributed by atoms with Gasteiger partial charge in [0.25, 0.3) is 0 Å². The van der Waals surface area contributed by atoms with Gasteiger partial charge in [-0.05, 0) is 48.9 Å². The van der Waals surface area contributed by atoms with E-state index in [2.05, 4.69) is 41.1 Å². The van der Waals surface area contributed by atoms with E-state index in [-0.39, 0.29) is 0 Å². The molecule has 0 amide bonds. The zero-order valence-corrected chi connectivity index (χ0v) is 12.4. The highest BCUT2D eigenvalue weighted by Gasteiger charge is 2.04. The largest absolute Gasteiger partial charge is 0.497 e. The van der Waals surface area contributed by atoms with E-state index < -0.39 is 0 Å². The number of benzene rings is 2. The highest BCUT2D eigenvalue weighted by molar-refractivity contribution is 5.81. The summed E-state index contributed by atoms with van der Waals surface area (Å²) in [5.41, 5.74) is 2.47. The van der Waals surface area contributed by atoms with Crippen molar-refractivity contribution in [3.05, 3.63) is 60.3 Å². The summed E-state index contributed by atoms with van der Waals surface area (Å²) in [5.74, 6) is 1.81. The van der Waals surface area contributed by atoms with Gasteiger partial charge in [0.1, 0.15) is 11.5 Å². The van der Waals surface area contributed by atoms with Gasteiger partial charge in [0.2, 0.25) is 0 Å². The predicted molar refractivity (Wildman–Crippen MR) is 85.2 cm³/mol. The van der Waals surface area contributed by atoms with Gasteiger partial charge < -0.3 is 14.0 Å². The maximum absolute atomic E-state index is 5.54. The fourth-order valence-corrected chi connectivity index (χ4v) is 2.50. The molecule has 0 bridgehead atoms. The van der Waals surface area contributed by atoms with Crippen molar-refractivity contribution in [2.75, 3.05) is 13.7 Å². The molecule has 1 heterocycles. The SMILES string of the molecule is CCOc1ccc2c(ccn2Cc2ccc(OC)cc2)c1. The number of aromatic nitrogens is 1. The normalized spacial score (nSPS) is 10.8. The van der Waals surface area contributed by atoms with E-state index in [1.807, 2.05) is 25.1 Å². The molecule has 0 aliphatic heterocycles. The van der Waals surface area contributed by atoms with Gasteiger partial charge >= 0.3 is 0 Å². The lowest BCUT2D eigenvalue weighted by Crippen LogP contribution is -1.98. The fourth-order valence-electron chi connectivity index (χ4n) is 2.50. The number of hydrogen-bond acceptors (Lipinski definition) is 2. The average Bonchev–Trinajstić information content (AvgIpc) is 2.91. The van der Waals surface area contributed by atoms with Gasteiger partial charge in [0, 0.05) is 23.6 Å². The average molecular weight is 281 g/mol. The molecule has 3 heteroatoms. The van der Waals surface area contributed by atoms with Crippen molar-refractivity contribution in [2.24, 2.45) is 0 Å². The van der Waals surface area contributed by atoms with Crippen LogP contribution >= 0.6 is 0 Å². The summed E-state index contributed by atoms with van der Waals surface area (Å²) in [7, 11) is 1.68. The van der Waals surface area contributed by atoms with E-state index in [1.54, 1.807) is 7.11 Å². The van der Waals surface area contributed by atoms with Gasteiger partial charge in [0.15, 0.2) is 0 Å². The molecule has 0 N–H and O–H groups in total. The van der Waals surface area contributed by atoms with E-state index in [4.69, 9.17) is 9.47 Å². The molecule has 21 heavy (non-hydrogen) atoms. The first kappa shape index (κ1) is 13.6. The molecule has 0 unspecified atom stereocenters. The Morgan fingerprint density at radius 2 is 1.71 bits per heavy atom. The van der Waals surface area contributed by atoms with E-state index in [9.17, 15) is 0 Å². The van der Waals surface area contributed by atoms with Crippen LogP contribution in [0.25, 0.3) is 10.9 Å². The van der Waals surface area contributed by atoms with Crippen LogP contribution in [-0.2, 0) is 6.54 Å². The van der Waals surface area contributed by atoms with E-state index in [1.165, 1.54) is 16.5 Å². The quantitative estimate of drug-likeness (QED) is 0.703. The number of fused-ring (bicyclic) bond motifs is 1. The highest BCUT2D eigenvalue weighted by atomic mass is 16.5. The van der Waals surface area contributed by atoms with Crippen molar-refractivity contribution in [3.63, 3.8) is 0 Å². The standard InChI is InChI=1S/C18H19NO2/c1-3-21-17-8-9-18-15(12-17)10-11-19(18)13-14-4-6-16(20-2)7-5-14/h4-12H,3,13H2,1-2H3. The molecule has 0 fully saturated rings. The van der Waals surface area contributed by atoms with Crippen LogP contribution in [0.15, 0.2) is 54.7 Å². The summed E-state index contributed by atoms with van der Waals surface area (Å²) in [4.78, 5) is 0. The van der Waals surface area contributed by atoms with E-state index in [0.717, 1.165) is 18.0 Å². The van der Waals surface area contributed by atoms with Crippen LogP contribution in [0, 0.1) is 0 Å². The Morgan fingerprint density at radius 3 is 2.43 bits per heavy atom. The third-order valence-corrected chi connectivity index (χ3v) is 3.57. The Hall–Kier alpha value is -2.42. The fraction of sp³-hybridized carbons (Fsp3) is 0.222. The number of nitrogens with zero attached hydrogens (tertiary/aromatic N) is 1. The smallest absolute Gasteiger partial charge is 0.120 e. The van der Waals surface area contributed by atoms with Gasteiger partial charge in [-0.25, -0.2) is 0 Å². The lowest BCUT2D eigenvalue weighted by molar-refractivity contribution is 0.340. The second kappa shape index (κ2) is 5.92. The van der Waals surface area contributed by atoms with Crippen LogP contribution in [-0.4, -0.2) is 18.3 Å². The summed E-state index contributed by atoms with van der Waals surface area (Å²) in [6.07, 6.45) is 2.12. The summed E-state index contributed by atoms with van der Waals surface area (Å²) >= 11 is 0. The van der Waals surface area contributed by atoms with Gasteiger partial charge in [-0.1, -0.05) is 12.1 Å². The van der Waals surface area contributed by atoms with Gasteiger partial charge in [-0.15, -0.1) is 0 Å². The van der Waals surface area contributed by atoms with Crippen molar-refractivity contribution in [1.29, 1.82) is 0 Å². The second-order valence-electron chi connectivity index (χ2n) is 4.95. The van der Waals surface area contributed by atoms with Crippen molar-refractivity contribution in [2.45, 2.75) is 13.5 Å².